The van der Waals surface area contributed by atoms with Gasteiger partial charge in [-0.2, -0.15) is 0 Å². The Morgan fingerprint density at radius 3 is 2.80 bits per heavy atom. The molecule has 1 amide bonds. The van der Waals surface area contributed by atoms with Gasteiger partial charge in [-0.1, -0.05) is 6.92 Å². The standard InChI is InChI=1S/C13H16N2O5/c1-3-6-14-13(17)9(2)20-12-5-4-10(8-16)7-11(12)15(18)19/h4-5,7-9H,3,6H2,1-2H3,(H,14,17)/t9-/m1/s1. The highest BCUT2D eigenvalue weighted by Crippen LogP contribution is 2.28. The van der Waals surface area contributed by atoms with Crippen molar-refractivity contribution in [3.05, 3.63) is 33.9 Å². The third-order valence-electron chi connectivity index (χ3n) is 2.54. The summed E-state index contributed by atoms with van der Waals surface area (Å²) in [5.74, 6) is -0.389. The van der Waals surface area contributed by atoms with Gasteiger partial charge < -0.3 is 10.1 Å². The second-order valence-corrected chi connectivity index (χ2v) is 4.15. The number of carbonyl (C=O) groups excluding carboxylic acids is 2. The Morgan fingerprint density at radius 2 is 2.25 bits per heavy atom. The van der Waals surface area contributed by atoms with Gasteiger partial charge in [0.25, 0.3) is 5.91 Å². The van der Waals surface area contributed by atoms with Crippen molar-refractivity contribution in [1.29, 1.82) is 0 Å². The van der Waals surface area contributed by atoms with Gasteiger partial charge in [0.1, 0.15) is 6.29 Å². The zero-order valence-corrected chi connectivity index (χ0v) is 11.3. The first-order valence-electron chi connectivity index (χ1n) is 6.17. The molecule has 0 fully saturated rings. The van der Waals surface area contributed by atoms with E-state index in [1.54, 1.807) is 0 Å². The zero-order valence-electron chi connectivity index (χ0n) is 11.3. The van der Waals surface area contributed by atoms with Crippen LogP contribution in [0.15, 0.2) is 18.2 Å². The van der Waals surface area contributed by atoms with Gasteiger partial charge in [0.15, 0.2) is 11.9 Å². The van der Waals surface area contributed by atoms with Gasteiger partial charge in [0, 0.05) is 18.2 Å². The summed E-state index contributed by atoms with van der Waals surface area (Å²) >= 11 is 0. The highest BCUT2D eigenvalue weighted by Gasteiger charge is 2.21. The predicted molar refractivity (Wildman–Crippen MR) is 71.9 cm³/mol. The Morgan fingerprint density at radius 1 is 1.55 bits per heavy atom. The summed E-state index contributed by atoms with van der Waals surface area (Å²) in [6, 6.07) is 3.82. The number of nitrogens with one attached hydrogen (secondary N) is 1. The molecule has 0 aliphatic heterocycles. The van der Waals surface area contributed by atoms with E-state index in [0.717, 1.165) is 12.5 Å². The topological polar surface area (TPSA) is 98.5 Å². The molecular formula is C13H16N2O5. The van der Waals surface area contributed by atoms with Crippen LogP contribution in [0, 0.1) is 10.1 Å². The second-order valence-electron chi connectivity index (χ2n) is 4.15. The molecule has 0 bridgehead atoms. The minimum Gasteiger partial charge on any atom is -0.474 e. The number of hydrogen-bond donors (Lipinski definition) is 1. The van der Waals surface area contributed by atoms with Gasteiger partial charge >= 0.3 is 5.69 Å². The average molecular weight is 280 g/mol. The lowest BCUT2D eigenvalue weighted by Crippen LogP contribution is -2.36. The molecule has 7 nitrogen and oxygen atoms in total. The van der Waals surface area contributed by atoms with Crippen molar-refractivity contribution in [2.45, 2.75) is 26.4 Å². The summed E-state index contributed by atoms with van der Waals surface area (Å²) in [6.07, 6.45) is 0.434. The fourth-order valence-corrected chi connectivity index (χ4v) is 1.49. The number of nitrogens with zero attached hydrogens (tertiary/aromatic N) is 1. The minimum atomic E-state index is -0.859. The predicted octanol–water partition coefficient (Wildman–Crippen LogP) is 1.70. The van der Waals surface area contributed by atoms with E-state index in [1.807, 2.05) is 6.92 Å². The van der Waals surface area contributed by atoms with E-state index in [-0.39, 0.29) is 22.9 Å². The minimum absolute atomic E-state index is 0.0419. The molecule has 20 heavy (non-hydrogen) atoms. The first kappa shape index (κ1) is 15.6. The smallest absolute Gasteiger partial charge is 0.311 e. The lowest BCUT2D eigenvalue weighted by Gasteiger charge is -2.14. The Balaban J connectivity index is 2.88. The maximum Gasteiger partial charge on any atom is 0.311 e. The van der Waals surface area contributed by atoms with Gasteiger partial charge in [-0.3, -0.25) is 19.7 Å². The first-order valence-corrected chi connectivity index (χ1v) is 6.17. The Bertz CT molecular complexity index is 515. The van der Waals surface area contributed by atoms with E-state index in [2.05, 4.69) is 5.32 Å². The number of amides is 1. The van der Waals surface area contributed by atoms with Crippen molar-refractivity contribution < 1.29 is 19.2 Å². The van der Waals surface area contributed by atoms with Gasteiger partial charge in [0.2, 0.25) is 0 Å². The number of ether oxygens (including phenoxy) is 1. The van der Waals surface area contributed by atoms with Crippen LogP contribution in [-0.4, -0.2) is 29.8 Å². The molecule has 1 aromatic rings. The number of nitro groups is 1. The maximum atomic E-state index is 11.6. The second kappa shape index (κ2) is 7.22. The zero-order chi connectivity index (χ0) is 15.1. The third-order valence-corrected chi connectivity index (χ3v) is 2.54. The first-order chi connectivity index (χ1) is 9.49. The van der Waals surface area contributed by atoms with Crippen LogP contribution >= 0.6 is 0 Å². The van der Waals surface area contributed by atoms with E-state index in [0.29, 0.717) is 12.8 Å². The lowest BCUT2D eigenvalue weighted by molar-refractivity contribution is -0.386. The van der Waals surface area contributed by atoms with E-state index in [9.17, 15) is 19.7 Å². The number of rotatable bonds is 7. The summed E-state index contributed by atoms with van der Waals surface area (Å²) in [7, 11) is 0. The van der Waals surface area contributed by atoms with Crippen LogP contribution in [0.4, 0.5) is 5.69 Å². The summed E-state index contributed by atoms with van der Waals surface area (Å²) in [5, 5.41) is 13.6. The number of hydrogen-bond acceptors (Lipinski definition) is 5. The molecule has 1 N–H and O–H groups in total. The number of nitro benzene ring substituents is 1. The van der Waals surface area contributed by atoms with Crippen LogP contribution < -0.4 is 10.1 Å². The van der Waals surface area contributed by atoms with Crippen LogP contribution in [0.3, 0.4) is 0 Å². The van der Waals surface area contributed by atoms with Crippen molar-refractivity contribution >= 4 is 17.9 Å². The Labute approximate surface area is 116 Å². The van der Waals surface area contributed by atoms with Crippen molar-refractivity contribution in [3.63, 3.8) is 0 Å². The maximum absolute atomic E-state index is 11.6. The molecule has 0 radical (unpaired) electrons. The summed E-state index contributed by atoms with van der Waals surface area (Å²) in [5.41, 5.74) is -0.170. The molecule has 7 heteroatoms. The molecule has 0 saturated carbocycles. The lowest BCUT2D eigenvalue weighted by atomic mass is 10.2. The normalized spacial score (nSPS) is 11.5. The molecule has 0 saturated heterocycles. The van der Waals surface area contributed by atoms with E-state index in [1.165, 1.54) is 19.1 Å². The third kappa shape index (κ3) is 4.04. The van der Waals surface area contributed by atoms with Gasteiger partial charge in [0.05, 0.1) is 4.92 Å². The Kier molecular flexibility index (Phi) is 5.64. The number of carbonyl (C=O) groups is 2. The van der Waals surface area contributed by atoms with Crippen LogP contribution in [0.2, 0.25) is 0 Å². The van der Waals surface area contributed by atoms with Gasteiger partial charge in [-0.05, 0) is 25.5 Å². The van der Waals surface area contributed by atoms with Crippen LogP contribution in [0.5, 0.6) is 5.75 Å². The monoisotopic (exact) mass is 280 g/mol. The molecule has 1 atom stereocenters. The molecule has 0 aromatic heterocycles. The van der Waals surface area contributed by atoms with E-state index in [4.69, 9.17) is 4.74 Å². The molecule has 0 spiro atoms. The molecule has 1 rings (SSSR count). The molecule has 0 aliphatic carbocycles. The molecule has 108 valence electrons. The average Bonchev–Trinajstić information content (AvgIpc) is 2.44. The van der Waals surface area contributed by atoms with Crippen molar-refractivity contribution in [2.75, 3.05) is 6.54 Å². The van der Waals surface area contributed by atoms with Gasteiger partial charge in [-0.15, -0.1) is 0 Å². The summed E-state index contributed by atoms with van der Waals surface area (Å²) in [4.78, 5) is 32.5. The number of benzene rings is 1. The highest BCUT2D eigenvalue weighted by molar-refractivity contribution is 5.81. The number of aldehydes is 1. The van der Waals surface area contributed by atoms with E-state index < -0.39 is 11.0 Å². The highest BCUT2D eigenvalue weighted by atomic mass is 16.6. The molecule has 0 heterocycles. The van der Waals surface area contributed by atoms with E-state index >= 15 is 0 Å². The molecule has 0 unspecified atom stereocenters. The molecule has 1 aromatic carbocycles. The Hall–Kier alpha value is -2.44. The van der Waals surface area contributed by atoms with Crippen molar-refractivity contribution in [3.8, 4) is 5.75 Å². The van der Waals surface area contributed by atoms with Crippen LogP contribution in [-0.2, 0) is 4.79 Å². The largest absolute Gasteiger partial charge is 0.474 e. The quantitative estimate of drug-likeness (QED) is 0.465. The molecular weight excluding hydrogens is 264 g/mol. The fraction of sp³-hybridized carbons (Fsp3) is 0.385. The van der Waals surface area contributed by atoms with Crippen LogP contribution in [0.25, 0.3) is 0 Å². The fourth-order valence-electron chi connectivity index (χ4n) is 1.49. The van der Waals surface area contributed by atoms with Crippen LogP contribution in [0.1, 0.15) is 30.6 Å². The molecule has 0 aliphatic rings. The van der Waals surface area contributed by atoms with Crippen molar-refractivity contribution in [2.24, 2.45) is 0 Å². The SMILES string of the molecule is CCCNC(=O)[C@@H](C)Oc1ccc(C=O)cc1[N+](=O)[O-]. The van der Waals surface area contributed by atoms with Gasteiger partial charge in [-0.25, -0.2) is 0 Å². The van der Waals surface area contributed by atoms with Crippen molar-refractivity contribution in [1.82, 2.24) is 5.32 Å². The summed E-state index contributed by atoms with van der Waals surface area (Å²) in [6.45, 7) is 3.93. The summed E-state index contributed by atoms with van der Waals surface area (Å²) < 4.78 is 5.30.